The minimum absolute atomic E-state index is 0.364. The van der Waals surface area contributed by atoms with Gasteiger partial charge in [0.1, 0.15) is 11.1 Å². The van der Waals surface area contributed by atoms with Gasteiger partial charge >= 0.3 is 0 Å². The number of hydrogen-bond donors (Lipinski definition) is 1. The highest BCUT2D eigenvalue weighted by Gasteiger charge is 2.14. The molecule has 0 amide bonds. The van der Waals surface area contributed by atoms with Crippen molar-refractivity contribution in [1.29, 1.82) is 0 Å². The molecule has 1 aromatic heterocycles. The maximum absolute atomic E-state index is 5.78. The minimum Gasteiger partial charge on any atom is -0.467 e. The predicted octanol–water partition coefficient (Wildman–Crippen LogP) is 2.83. The second-order valence-electron chi connectivity index (χ2n) is 3.76. The van der Waals surface area contributed by atoms with Crippen LogP contribution in [0.5, 0.6) is 5.19 Å². The molecule has 1 heterocycles. The third-order valence-corrected chi connectivity index (χ3v) is 3.29. The molecule has 1 aliphatic carbocycles. The molecule has 1 saturated carbocycles. The van der Waals surface area contributed by atoms with Gasteiger partial charge < -0.3 is 10.5 Å². The zero-order chi connectivity index (χ0) is 9.80. The fourth-order valence-electron chi connectivity index (χ4n) is 1.83. The van der Waals surface area contributed by atoms with Crippen LogP contribution in [0, 0.1) is 0 Å². The number of aromatic nitrogens is 1. The van der Waals surface area contributed by atoms with E-state index in [-0.39, 0.29) is 0 Å². The van der Waals surface area contributed by atoms with Crippen molar-refractivity contribution in [3.05, 3.63) is 6.20 Å². The SMILES string of the molecule is Nc1cnc(OC2CCCCCC2)s1. The van der Waals surface area contributed by atoms with Crippen LogP contribution in [0.25, 0.3) is 0 Å². The molecule has 2 N–H and O–H groups in total. The van der Waals surface area contributed by atoms with Crippen molar-refractivity contribution in [1.82, 2.24) is 4.98 Å². The molecule has 0 aromatic carbocycles. The first-order valence-electron chi connectivity index (χ1n) is 5.22. The highest BCUT2D eigenvalue weighted by Crippen LogP contribution is 2.27. The Bertz CT molecular complexity index is 279. The topological polar surface area (TPSA) is 48.1 Å². The van der Waals surface area contributed by atoms with E-state index < -0.39 is 0 Å². The molecular weight excluding hydrogens is 196 g/mol. The van der Waals surface area contributed by atoms with Crippen LogP contribution in [-0.4, -0.2) is 11.1 Å². The maximum Gasteiger partial charge on any atom is 0.275 e. The van der Waals surface area contributed by atoms with Gasteiger partial charge in [-0.15, -0.1) is 0 Å². The molecule has 0 aliphatic heterocycles. The molecule has 0 spiro atoms. The number of nitrogens with zero attached hydrogens (tertiary/aromatic N) is 1. The van der Waals surface area contributed by atoms with Crippen LogP contribution < -0.4 is 10.5 Å². The minimum atomic E-state index is 0.364. The molecule has 0 atom stereocenters. The molecule has 14 heavy (non-hydrogen) atoms. The Kier molecular flexibility index (Phi) is 3.24. The molecular formula is C10H16N2OS. The summed E-state index contributed by atoms with van der Waals surface area (Å²) >= 11 is 1.43. The predicted molar refractivity (Wildman–Crippen MR) is 58.6 cm³/mol. The maximum atomic E-state index is 5.78. The van der Waals surface area contributed by atoms with Crippen LogP contribution in [0.4, 0.5) is 5.00 Å². The first-order valence-corrected chi connectivity index (χ1v) is 6.04. The number of thiazole rings is 1. The average molecular weight is 212 g/mol. The summed E-state index contributed by atoms with van der Waals surface area (Å²) in [6, 6.07) is 0. The van der Waals surface area contributed by atoms with Crippen LogP contribution in [-0.2, 0) is 0 Å². The number of ether oxygens (including phenoxy) is 1. The normalized spacial score (nSPS) is 19.1. The van der Waals surface area contributed by atoms with Crippen molar-refractivity contribution in [2.45, 2.75) is 44.6 Å². The van der Waals surface area contributed by atoms with E-state index in [1.54, 1.807) is 6.20 Å². The van der Waals surface area contributed by atoms with Crippen LogP contribution in [0.15, 0.2) is 6.20 Å². The van der Waals surface area contributed by atoms with Gasteiger partial charge in [0.15, 0.2) is 0 Å². The highest BCUT2D eigenvalue weighted by atomic mass is 32.1. The van der Waals surface area contributed by atoms with Gasteiger partial charge in [0, 0.05) is 0 Å². The molecule has 2 rings (SSSR count). The van der Waals surface area contributed by atoms with Gasteiger partial charge in [-0.25, -0.2) is 4.98 Å². The molecule has 78 valence electrons. The first kappa shape index (κ1) is 9.77. The second kappa shape index (κ2) is 4.64. The molecule has 0 radical (unpaired) electrons. The van der Waals surface area contributed by atoms with Crippen molar-refractivity contribution in [3.63, 3.8) is 0 Å². The van der Waals surface area contributed by atoms with E-state index in [4.69, 9.17) is 10.5 Å². The van der Waals surface area contributed by atoms with Crippen molar-refractivity contribution in [3.8, 4) is 5.19 Å². The Balaban J connectivity index is 1.89. The fraction of sp³-hybridized carbons (Fsp3) is 0.700. The van der Waals surface area contributed by atoms with Crippen LogP contribution in [0.3, 0.4) is 0 Å². The quantitative estimate of drug-likeness (QED) is 0.767. The van der Waals surface area contributed by atoms with E-state index in [1.165, 1.54) is 49.9 Å². The van der Waals surface area contributed by atoms with Gasteiger partial charge in [0.2, 0.25) is 0 Å². The molecule has 0 saturated heterocycles. The fourth-order valence-corrected chi connectivity index (χ4v) is 2.42. The summed E-state index contributed by atoms with van der Waals surface area (Å²) in [5.74, 6) is 0. The Hall–Kier alpha value is -0.770. The summed E-state index contributed by atoms with van der Waals surface area (Å²) < 4.78 is 5.78. The summed E-state index contributed by atoms with van der Waals surface area (Å²) in [4.78, 5) is 4.11. The zero-order valence-corrected chi connectivity index (χ0v) is 9.05. The highest BCUT2D eigenvalue weighted by molar-refractivity contribution is 7.17. The Labute approximate surface area is 88.3 Å². The molecule has 0 unspecified atom stereocenters. The van der Waals surface area contributed by atoms with Crippen molar-refractivity contribution < 1.29 is 4.74 Å². The summed E-state index contributed by atoms with van der Waals surface area (Å²) in [5.41, 5.74) is 5.59. The molecule has 1 fully saturated rings. The van der Waals surface area contributed by atoms with Gasteiger partial charge in [0.05, 0.1) is 6.20 Å². The van der Waals surface area contributed by atoms with E-state index in [1.807, 2.05) is 0 Å². The number of rotatable bonds is 2. The summed E-state index contributed by atoms with van der Waals surface area (Å²) in [6.07, 6.45) is 9.62. The number of nitrogen functional groups attached to an aromatic ring is 1. The summed E-state index contributed by atoms with van der Waals surface area (Å²) in [7, 11) is 0. The Morgan fingerprint density at radius 3 is 2.57 bits per heavy atom. The monoisotopic (exact) mass is 212 g/mol. The van der Waals surface area contributed by atoms with Gasteiger partial charge in [-0.1, -0.05) is 24.2 Å². The van der Waals surface area contributed by atoms with E-state index >= 15 is 0 Å². The van der Waals surface area contributed by atoms with E-state index in [0.29, 0.717) is 6.10 Å². The van der Waals surface area contributed by atoms with E-state index in [9.17, 15) is 0 Å². The lowest BCUT2D eigenvalue weighted by Crippen LogP contribution is -2.14. The van der Waals surface area contributed by atoms with Crippen molar-refractivity contribution in [2.24, 2.45) is 0 Å². The van der Waals surface area contributed by atoms with Gasteiger partial charge in [-0.2, -0.15) is 0 Å². The van der Waals surface area contributed by atoms with E-state index in [0.717, 1.165) is 10.2 Å². The van der Waals surface area contributed by atoms with E-state index in [2.05, 4.69) is 4.98 Å². The lowest BCUT2D eigenvalue weighted by molar-refractivity contribution is 0.183. The van der Waals surface area contributed by atoms with Gasteiger partial charge in [-0.05, 0) is 25.7 Å². The standard InChI is InChI=1S/C10H16N2OS/c11-9-7-12-10(14-9)13-8-5-3-1-2-4-6-8/h7-8H,1-6,11H2. The van der Waals surface area contributed by atoms with Gasteiger partial charge in [-0.3, -0.25) is 0 Å². The lowest BCUT2D eigenvalue weighted by atomic mass is 10.2. The Morgan fingerprint density at radius 2 is 2.00 bits per heavy atom. The third-order valence-electron chi connectivity index (χ3n) is 2.57. The van der Waals surface area contributed by atoms with Crippen LogP contribution >= 0.6 is 11.3 Å². The first-order chi connectivity index (χ1) is 6.84. The number of anilines is 1. The Morgan fingerprint density at radius 1 is 1.29 bits per heavy atom. The number of hydrogen-bond acceptors (Lipinski definition) is 4. The summed E-state index contributed by atoms with van der Waals surface area (Å²) in [5, 5.41) is 1.46. The van der Waals surface area contributed by atoms with Crippen molar-refractivity contribution >= 4 is 16.3 Å². The van der Waals surface area contributed by atoms with Crippen molar-refractivity contribution in [2.75, 3.05) is 5.73 Å². The molecule has 4 heteroatoms. The molecule has 3 nitrogen and oxygen atoms in total. The second-order valence-corrected chi connectivity index (χ2v) is 4.78. The smallest absolute Gasteiger partial charge is 0.275 e. The zero-order valence-electron chi connectivity index (χ0n) is 8.24. The van der Waals surface area contributed by atoms with Gasteiger partial charge in [0.25, 0.3) is 5.19 Å². The average Bonchev–Trinajstić information content (AvgIpc) is 2.43. The third kappa shape index (κ3) is 2.61. The molecule has 0 bridgehead atoms. The van der Waals surface area contributed by atoms with Crippen LogP contribution in [0.2, 0.25) is 0 Å². The number of nitrogens with two attached hydrogens (primary N) is 1. The molecule has 1 aromatic rings. The molecule has 1 aliphatic rings. The lowest BCUT2D eigenvalue weighted by Gasteiger charge is -2.13. The largest absolute Gasteiger partial charge is 0.467 e. The van der Waals surface area contributed by atoms with Crippen LogP contribution in [0.1, 0.15) is 38.5 Å². The summed E-state index contributed by atoms with van der Waals surface area (Å²) in [6.45, 7) is 0.